The van der Waals surface area contributed by atoms with Gasteiger partial charge in [-0.15, -0.1) is 0 Å². The molecule has 33 heavy (non-hydrogen) atoms. The monoisotopic (exact) mass is 449 g/mol. The molecule has 0 bridgehead atoms. The summed E-state index contributed by atoms with van der Waals surface area (Å²) >= 11 is 0. The zero-order chi connectivity index (χ0) is 23.2. The first kappa shape index (κ1) is 22.3. The van der Waals surface area contributed by atoms with Crippen molar-refractivity contribution in [2.75, 3.05) is 32.1 Å². The number of hydrogen-bond donors (Lipinski definition) is 2. The molecule has 1 aliphatic heterocycles. The first-order valence-electron chi connectivity index (χ1n) is 11.0. The predicted molar refractivity (Wildman–Crippen MR) is 123 cm³/mol. The Hall–Kier alpha value is -3.88. The zero-order valence-corrected chi connectivity index (χ0v) is 18.7. The van der Waals surface area contributed by atoms with Crippen molar-refractivity contribution in [1.82, 2.24) is 20.4 Å². The molecule has 2 aromatic carbocycles. The van der Waals surface area contributed by atoms with Gasteiger partial charge in [-0.3, -0.25) is 4.79 Å². The van der Waals surface area contributed by atoms with Crippen LogP contribution in [0.25, 0.3) is 11.4 Å². The van der Waals surface area contributed by atoms with Crippen LogP contribution >= 0.6 is 0 Å². The Labute approximate surface area is 192 Å². The lowest BCUT2D eigenvalue weighted by atomic mass is 10.0. The van der Waals surface area contributed by atoms with Crippen molar-refractivity contribution in [2.24, 2.45) is 0 Å². The summed E-state index contributed by atoms with van der Waals surface area (Å²) in [7, 11) is 1.58. The molecule has 1 saturated heterocycles. The predicted octanol–water partition coefficient (Wildman–Crippen LogP) is 3.91. The van der Waals surface area contributed by atoms with E-state index in [2.05, 4.69) is 27.7 Å². The number of anilines is 1. The van der Waals surface area contributed by atoms with Crippen LogP contribution in [-0.2, 0) is 0 Å². The van der Waals surface area contributed by atoms with Crippen LogP contribution in [0.1, 0.15) is 41.9 Å². The second kappa shape index (κ2) is 10.2. The van der Waals surface area contributed by atoms with Gasteiger partial charge in [-0.2, -0.15) is 4.98 Å². The van der Waals surface area contributed by atoms with E-state index in [1.165, 1.54) is 0 Å². The number of hydrogen-bond acceptors (Lipinski definition) is 6. The molecule has 2 N–H and O–H groups in total. The van der Waals surface area contributed by atoms with Crippen molar-refractivity contribution in [2.45, 2.75) is 25.7 Å². The molecule has 0 aliphatic carbocycles. The van der Waals surface area contributed by atoms with Gasteiger partial charge in [0, 0.05) is 37.0 Å². The van der Waals surface area contributed by atoms with Crippen molar-refractivity contribution < 1.29 is 18.8 Å². The first-order valence-corrected chi connectivity index (χ1v) is 11.0. The van der Waals surface area contributed by atoms with E-state index in [0.717, 1.165) is 18.6 Å². The highest BCUT2D eigenvalue weighted by Gasteiger charge is 2.35. The number of rotatable bonds is 8. The SMILES string of the molecule is CCCCOc1ccc(NC(=O)N2CC(c3nc(-c4cccc(C(=O)NC)c4)no3)C2)cc1. The fourth-order valence-corrected chi connectivity index (χ4v) is 3.43. The molecule has 9 nitrogen and oxygen atoms in total. The van der Waals surface area contributed by atoms with Crippen molar-refractivity contribution in [1.29, 1.82) is 0 Å². The van der Waals surface area contributed by atoms with Crippen LogP contribution in [0.4, 0.5) is 10.5 Å². The van der Waals surface area contributed by atoms with Crippen LogP contribution in [-0.4, -0.2) is 53.7 Å². The maximum atomic E-state index is 12.5. The van der Waals surface area contributed by atoms with Gasteiger partial charge in [0.1, 0.15) is 5.75 Å². The van der Waals surface area contributed by atoms with Crippen molar-refractivity contribution >= 4 is 17.6 Å². The lowest BCUT2D eigenvalue weighted by Gasteiger charge is -2.36. The minimum atomic E-state index is -0.181. The van der Waals surface area contributed by atoms with Gasteiger partial charge >= 0.3 is 6.03 Å². The standard InChI is InChI=1S/C24H27N5O4/c1-3-4-12-32-20-10-8-19(9-11-20)26-24(31)29-14-18(15-29)23-27-21(28-33-23)16-6-5-7-17(13-16)22(30)25-2/h5-11,13,18H,3-4,12,14-15H2,1-2H3,(H,25,30)(H,26,31). The third-order valence-corrected chi connectivity index (χ3v) is 5.44. The minimum Gasteiger partial charge on any atom is -0.494 e. The molecule has 172 valence electrons. The van der Waals surface area contributed by atoms with Crippen LogP contribution in [0, 0.1) is 0 Å². The zero-order valence-electron chi connectivity index (χ0n) is 18.7. The number of urea groups is 1. The highest BCUT2D eigenvalue weighted by molar-refractivity contribution is 5.95. The van der Waals surface area contributed by atoms with Crippen LogP contribution in [0.3, 0.4) is 0 Å². The van der Waals surface area contributed by atoms with E-state index in [9.17, 15) is 9.59 Å². The van der Waals surface area contributed by atoms with Crippen LogP contribution in [0.15, 0.2) is 53.1 Å². The molecule has 0 unspecified atom stereocenters. The molecule has 1 aliphatic rings. The third-order valence-electron chi connectivity index (χ3n) is 5.44. The molecule has 2 heterocycles. The quantitative estimate of drug-likeness (QED) is 0.505. The van der Waals surface area contributed by atoms with E-state index in [1.54, 1.807) is 30.1 Å². The number of amides is 3. The van der Waals surface area contributed by atoms with Crippen molar-refractivity contribution in [3.05, 3.63) is 60.0 Å². The summed E-state index contributed by atoms with van der Waals surface area (Å²) in [4.78, 5) is 30.5. The van der Waals surface area contributed by atoms with E-state index in [4.69, 9.17) is 9.26 Å². The van der Waals surface area contributed by atoms with E-state index >= 15 is 0 Å². The van der Waals surface area contributed by atoms with Gasteiger partial charge in [0.25, 0.3) is 5.91 Å². The molecule has 1 fully saturated rings. The number of carbonyl (C=O) groups is 2. The average molecular weight is 450 g/mol. The van der Waals surface area contributed by atoms with Gasteiger partial charge < -0.3 is 24.8 Å². The van der Waals surface area contributed by atoms with Gasteiger partial charge in [-0.25, -0.2) is 4.79 Å². The molecule has 9 heteroatoms. The molecular weight excluding hydrogens is 422 g/mol. The Balaban J connectivity index is 1.29. The Bertz CT molecular complexity index is 1110. The number of likely N-dealkylation sites (tertiary alicyclic amines) is 1. The summed E-state index contributed by atoms with van der Waals surface area (Å²) in [6.07, 6.45) is 2.10. The smallest absolute Gasteiger partial charge is 0.321 e. The molecule has 0 atom stereocenters. The highest BCUT2D eigenvalue weighted by Crippen LogP contribution is 2.28. The molecule has 3 aromatic rings. The molecule has 0 spiro atoms. The summed E-state index contributed by atoms with van der Waals surface area (Å²) in [5.41, 5.74) is 1.93. The molecule has 0 saturated carbocycles. The average Bonchev–Trinajstić information content (AvgIpc) is 3.28. The second-order valence-corrected chi connectivity index (χ2v) is 7.87. The summed E-state index contributed by atoms with van der Waals surface area (Å²) in [5, 5.41) is 9.52. The van der Waals surface area contributed by atoms with Gasteiger partial charge in [0.2, 0.25) is 11.7 Å². The Morgan fingerprint density at radius 1 is 1.18 bits per heavy atom. The fourth-order valence-electron chi connectivity index (χ4n) is 3.43. The summed E-state index contributed by atoms with van der Waals surface area (Å²) in [6.45, 7) is 3.79. The van der Waals surface area contributed by atoms with E-state index in [1.807, 2.05) is 30.3 Å². The number of benzene rings is 2. The molecule has 3 amide bonds. The number of nitrogens with zero attached hydrogens (tertiary/aromatic N) is 3. The Morgan fingerprint density at radius 2 is 1.97 bits per heavy atom. The third kappa shape index (κ3) is 5.31. The van der Waals surface area contributed by atoms with Gasteiger partial charge in [-0.05, 0) is 42.8 Å². The minimum absolute atomic E-state index is 0.0199. The Morgan fingerprint density at radius 3 is 2.70 bits per heavy atom. The van der Waals surface area contributed by atoms with E-state index < -0.39 is 0 Å². The van der Waals surface area contributed by atoms with Crippen LogP contribution < -0.4 is 15.4 Å². The summed E-state index contributed by atoms with van der Waals surface area (Å²) in [6, 6.07) is 14.2. The first-order chi connectivity index (χ1) is 16.1. The van der Waals surface area contributed by atoms with Crippen molar-refractivity contribution in [3.8, 4) is 17.1 Å². The highest BCUT2D eigenvalue weighted by atomic mass is 16.5. The molecular formula is C24H27N5O4. The maximum absolute atomic E-state index is 12.5. The number of aromatic nitrogens is 2. The van der Waals surface area contributed by atoms with E-state index in [-0.39, 0.29) is 17.9 Å². The fraction of sp³-hybridized carbons (Fsp3) is 0.333. The lowest BCUT2D eigenvalue weighted by Crippen LogP contribution is -2.50. The topological polar surface area (TPSA) is 110 Å². The number of nitrogens with one attached hydrogen (secondary N) is 2. The number of carbonyl (C=O) groups excluding carboxylic acids is 2. The van der Waals surface area contributed by atoms with Crippen LogP contribution in [0.5, 0.6) is 5.75 Å². The molecule has 1 aromatic heterocycles. The van der Waals surface area contributed by atoms with Gasteiger partial charge in [0.05, 0.1) is 12.5 Å². The molecule has 0 radical (unpaired) electrons. The number of unbranched alkanes of at least 4 members (excludes halogenated alkanes) is 1. The normalized spacial score (nSPS) is 13.3. The summed E-state index contributed by atoms with van der Waals surface area (Å²) < 4.78 is 11.1. The molecule has 4 rings (SSSR count). The van der Waals surface area contributed by atoms with Gasteiger partial charge in [0.15, 0.2) is 0 Å². The summed E-state index contributed by atoms with van der Waals surface area (Å²) in [5.74, 6) is 1.49. The van der Waals surface area contributed by atoms with Crippen molar-refractivity contribution in [3.63, 3.8) is 0 Å². The maximum Gasteiger partial charge on any atom is 0.321 e. The van der Waals surface area contributed by atoms with Gasteiger partial charge in [-0.1, -0.05) is 30.6 Å². The lowest BCUT2D eigenvalue weighted by molar-refractivity contribution is 0.0963. The van der Waals surface area contributed by atoms with Crippen LogP contribution in [0.2, 0.25) is 0 Å². The van der Waals surface area contributed by atoms with E-state index in [0.29, 0.717) is 48.2 Å². The Kier molecular flexibility index (Phi) is 6.87. The second-order valence-electron chi connectivity index (χ2n) is 7.87. The number of ether oxygens (including phenoxy) is 1. The largest absolute Gasteiger partial charge is 0.494 e.